The Kier molecular flexibility index (Phi) is 3.61. The molecular weight excluding hydrogens is 257 g/mol. The van der Waals surface area contributed by atoms with E-state index in [-0.39, 0.29) is 11.2 Å². The van der Waals surface area contributed by atoms with E-state index in [1.165, 1.54) is 6.07 Å². The van der Waals surface area contributed by atoms with Crippen molar-refractivity contribution in [2.75, 3.05) is 32.8 Å². The lowest BCUT2D eigenvalue weighted by atomic mass is 9.96. The van der Waals surface area contributed by atoms with Crippen molar-refractivity contribution in [1.82, 2.24) is 4.90 Å². The Morgan fingerprint density at radius 3 is 2.75 bits per heavy atom. The molecule has 1 saturated carbocycles. The Labute approximate surface area is 118 Å². The minimum Gasteiger partial charge on any atom is -0.378 e. The van der Waals surface area contributed by atoms with Crippen LogP contribution in [0.1, 0.15) is 18.4 Å². The van der Waals surface area contributed by atoms with E-state index in [4.69, 9.17) is 10.5 Å². The van der Waals surface area contributed by atoms with Gasteiger partial charge in [-0.2, -0.15) is 0 Å². The zero-order chi connectivity index (χ0) is 14.0. The number of guanidine groups is 1. The predicted octanol–water partition coefficient (Wildman–Crippen LogP) is 1.50. The molecule has 1 aliphatic carbocycles. The van der Waals surface area contributed by atoms with Crippen LogP contribution in [0.5, 0.6) is 0 Å². The fraction of sp³-hybridized carbons (Fsp3) is 0.533. The molecule has 0 atom stereocenters. The van der Waals surface area contributed by atoms with E-state index in [1.807, 2.05) is 11.0 Å². The molecule has 0 spiro atoms. The summed E-state index contributed by atoms with van der Waals surface area (Å²) in [6.45, 7) is 3.63. The standard InChI is InChI=1S/C15H20FN3O/c16-13-3-1-2-12(10-13)15(4-5-15)11-18-14(17)19-6-8-20-9-7-19/h1-3,10H,4-9,11H2,(H2,17,18). The lowest BCUT2D eigenvalue weighted by molar-refractivity contribution is 0.0674. The molecule has 2 aliphatic rings. The highest BCUT2D eigenvalue weighted by atomic mass is 19.1. The number of nitrogens with zero attached hydrogens (tertiary/aromatic N) is 2. The molecule has 1 heterocycles. The smallest absolute Gasteiger partial charge is 0.191 e. The summed E-state index contributed by atoms with van der Waals surface area (Å²) in [7, 11) is 0. The van der Waals surface area contributed by atoms with Gasteiger partial charge in [0.2, 0.25) is 0 Å². The normalized spacial score (nSPS) is 21.9. The topological polar surface area (TPSA) is 50.8 Å². The van der Waals surface area contributed by atoms with Gasteiger partial charge in [-0.25, -0.2) is 4.39 Å². The maximum atomic E-state index is 13.3. The second kappa shape index (κ2) is 5.40. The molecule has 5 heteroatoms. The molecule has 0 bridgehead atoms. The first-order chi connectivity index (χ1) is 9.70. The van der Waals surface area contributed by atoms with Crippen molar-refractivity contribution in [3.05, 3.63) is 35.6 Å². The van der Waals surface area contributed by atoms with Gasteiger partial charge in [0, 0.05) is 18.5 Å². The van der Waals surface area contributed by atoms with Gasteiger partial charge in [0.15, 0.2) is 5.96 Å². The van der Waals surface area contributed by atoms with Crippen molar-refractivity contribution in [3.63, 3.8) is 0 Å². The van der Waals surface area contributed by atoms with Crippen LogP contribution in [-0.4, -0.2) is 43.7 Å². The third-order valence-corrected chi connectivity index (χ3v) is 4.17. The van der Waals surface area contributed by atoms with Gasteiger partial charge in [-0.15, -0.1) is 0 Å². The highest BCUT2D eigenvalue weighted by Crippen LogP contribution is 2.48. The molecule has 1 aliphatic heterocycles. The molecule has 1 aromatic carbocycles. The first kappa shape index (κ1) is 13.4. The largest absolute Gasteiger partial charge is 0.378 e. The second-order valence-corrected chi connectivity index (χ2v) is 5.56. The molecular formula is C15H20FN3O. The van der Waals surface area contributed by atoms with Crippen molar-refractivity contribution in [1.29, 1.82) is 0 Å². The van der Waals surface area contributed by atoms with Crippen LogP contribution < -0.4 is 5.73 Å². The number of nitrogens with two attached hydrogens (primary N) is 1. The highest BCUT2D eigenvalue weighted by molar-refractivity contribution is 5.78. The van der Waals surface area contributed by atoms with Gasteiger partial charge in [0.25, 0.3) is 0 Å². The van der Waals surface area contributed by atoms with Gasteiger partial charge in [0.1, 0.15) is 5.82 Å². The third kappa shape index (κ3) is 2.77. The quantitative estimate of drug-likeness (QED) is 0.673. The van der Waals surface area contributed by atoms with Gasteiger partial charge >= 0.3 is 0 Å². The Morgan fingerprint density at radius 2 is 2.10 bits per heavy atom. The first-order valence-electron chi connectivity index (χ1n) is 7.08. The fourth-order valence-corrected chi connectivity index (χ4v) is 2.63. The Bertz CT molecular complexity index is 508. The third-order valence-electron chi connectivity index (χ3n) is 4.17. The van der Waals surface area contributed by atoms with Crippen LogP contribution in [0.15, 0.2) is 29.3 Å². The maximum Gasteiger partial charge on any atom is 0.191 e. The van der Waals surface area contributed by atoms with Crippen molar-refractivity contribution in [2.45, 2.75) is 18.3 Å². The fourth-order valence-electron chi connectivity index (χ4n) is 2.63. The molecule has 20 heavy (non-hydrogen) atoms. The maximum absolute atomic E-state index is 13.3. The average molecular weight is 277 g/mol. The molecule has 108 valence electrons. The molecule has 4 nitrogen and oxygen atoms in total. The van der Waals surface area contributed by atoms with Crippen LogP contribution in [0.4, 0.5) is 4.39 Å². The van der Waals surface area contributed by atoms with Gasteiger partial charge in [-0.05, 0) is 30.5 Å². The monoisotopic (exact) mass is 277 g/mol. The Hall–Kier alpha value is -1.62. The van der Waals surface area contributed by atoms with Crippen LogP contribution in [0.3, 0.4) is 0 Å². The number of hydrogen-bond donors (Lipinski definition) is 1. The van der Waals surface area contributed by atoms with E-state index < -0.39 is 0 Å². The minimum atomic E-state index is -0.182. The molecule has 1 saturated heterocycles. The molecule has 0 radical (unpaired) electrons. The number of benzene rings is 1. The summed E-state index contributed by atoms with van der Waals surface area (Å²) in [6.07, 6.45) is 2.10. The van der Waals surface area contributed by atoms with Crippen LogP contribution in [0, 0.1) is 5.82 Å². The number of halogens is 1. The molecule has 0 aromatic heterocycles. The van der Waals surface area contributed by atoms with Gasteiger partial charge < -0.3 is 15.4 Å². The summed E-state index contributed by atoms with van der Waals surface area (Å²) in [5.41, 5.74) is 7.07. The zero-order valence-electron chi connectivity index (χ0n) is 11.5. The SMILES string of the molecule is NC(=NCC1(c2cccc(F)c2)CC1)N1CCOCC1. The molecule has 3 rings (SSSR count). The number of ether oxygens (including phenoxy) is 1. The summed E-state index contributed by atoms with van der Waals surface area (Å²) in [4.78, 5) is 6.58. The van der Waals surface area contributed by atoms with Crippen molar-refractivity contribution in [3.8, 4) is 0 Å². The zero-order valence-corrected chi connectivity index (χ0v) is 11.5. The summed E-state index contributed by atoms with van der Waals surface area (Å²) in [5, 5.41) is 0. The van der Waals surface area contributed by atoms with Crippen LogP contribution in [-0.2, 0) is 10.2 Å². The summed E-state index contributed by atoms with van der Waals surface area (Å²) < 4.78 is 18.6. The second-order valence-electron chi connectivity index (χ2n) is 5.56. The summed E-state index contributed by atoms with van der Waals surface area (Å²) in [5.74, 6) is 0.398. The number of rotatable bonds is 3. The molecule has 2 fully saturated rings. The van der Waals surface area contributed by atoms with E-state index in [9.17, 15) is 4.39 Å². The van der Waals surface area contributed by atoms with Crippen LogP contribution in [0.25, 0.3) is 0 Å². The number of morpholine rings is 1. The van der Waals surface area contributed by atoms with E-state index in [2.05, 4.69) is 4.99 Å². The van der Waals surface area contributed by atoms with Crippen LogP contribution in [0.2, 0.25) is 0 Å². The highest BCUT2D eigenvalue weighted by Gasteiger charge is 2.44. The van der Waals surface area contributed by atoms with E-state index in [0.29, 0.717) is 25.7 Å². The van der Waals surface area contributed by atoms with Crippen LogP contribution >= 0.6 is 0 Å². The van der Waals surface area contributed by atoms with Gasteiger partial charge in [-0.3, -0.25) is 4.99 Å². The van der Waals surface area contributed by atoms with Gasteiger partial charge in [-0.1, -0.05) is 12.1 Å². The minimum absolute atomic E-state index is 0.000985. The predicted molar refractivity (Wildman–Crippen MR) is 76.2 cm³/mol. The molecule has 2 N–H and O–H groups in total. The Morgan fingerprint density at radius 1 is 1.35 bits per heavy atom. The average Bonchev–Trinajstić information content (AvgIpc) is 3.27. The van der Waals surface area contributed by atoms with Crippen molar-refractivity contribution in [2.24, 2.45) is 10.7 Å². The van der Waals surface area contributed by atoms with Gasteiger partial charge in [0.05, 0.1) is 19.8 Å². The number of hydrogen-bond acceptors (Lipinski definition) is 2. The summed E-state index contributed by atoms with van der Waals surface area (Å²) >= 11 is 0. The Balaban J connectivity index is 1.68. The van der Waals surface area contributed by atoms with E-state index in [1.54, 1.807) is 12.1 Å². The van der Waals surface area contributed by atoms with Crippen molar-refractivity contribution < 1.29 is 9.13 Å². The summed E-state index contributed by atoms with van der Waals surface area (Å²) in [6, 6.07) is 6.84. The lowest BCUT2D eigenvalue weighted by Crippen LogP contribution is -2.45. The molecule has 1 aromatic rings. The number of aliphatic imine (C=N–C) groups is 1. The molecule has 0 unspecified atom stereocenters. The van der Waals surface area contributed by atoms with Crippen molar-refractivity contribution >= 4 is 5.96 Å². The van der Waals surface area contributed by atoms with E-state index >= 15 is 0 Å². The van der Waals surface area contributed by atoms with E-state index in [0.717, 1.165) is 31.5 Å². The molecule has 0 amide bonds. The first-order valence-corrected chi connectivity index (χ1v) is 7.08. The lowest BCUT2D eigenvalue weighted by Gasteiger charge is -2.28.